The largest absolute Gasteiger partial charge is 0.456 e. The van der Waals surface area contributed by atoms with Gasteiger partial charge in [0.25, 0.3) is 0 Å². The molecule has 2 aliphatic heterocycles. The highest BCUT2D eigenvalue weighted by Crippen LogP contribution is 2.58. The van der Waals surface area contributed by atoms with Gasteiger partial charge in [0.1, 0.15) is 11.5 Å². The summed E-state index contributed by atoms with van der Waals surface area (Å²) in [6.45, 7) is 0. The van der Waals surface area contributed by atoms with E-state index in [0.29, 0.717) is 34.0 Å². The number of esters is 1. The molecule has 0 saturated carbocycles. The van der Waals surface area contributed by atoms with Crippen molar-refractivity contribution in [2.75, 3.05) is 16.4 Å². The van der Waals surface area contributed by atoms with Crippen LogP contribution in [0.4, 0.5) is 28.4 Å². The summed E-state index contributed by atoms with van der Waals surface area (Å²) in [6.07, 6.45) is 0. The van der Waals surface area contributed by atoms with E-state index in [9.17, 15) is 4.79 Å². The number of fused-ring (bicyclic) bond motifs is 6. The summed E-state index contributed by atoms with van der Waals surface area (Å²) in [5.41, 5.74) is 13.8. The quantitative estimate of drug-likeness (QED) is 0.141. The molecule has 6 aromatic carbocycles. The van der Waals surface area contributed by atoms with Crippen LogP contribution >= 0.6 is 0 Å². The molecule has 0 atom stereocenters. The van der Waals surface area contributed by atoms with E-state index < -0.39 is 11.6 Å². The first-order valence-corrected chi connectivity index (χ1v) is 14.4. The average Bonchev–Trinajstić information content (AvgIpc) is 3.35. The van der Waals surface area contributed by atoms with Crippen molar-refractivity contribution in [3.63, 3.8) is 0 Å². The fourth-order valence-electron chi connectivity index (χ4n) is 6.25. The minimum absolute atomic E-state index is 0.406. The number of nitrogen functional groups attached to an aromatic ring is 1. The maximum absolute atomic E-state index is 14.0. The Kier molecular flexibility index (Phi) is 5.88. The molecule has 4 N–H and O–H groups in total. The summed E-state index contributed by atoms with van der Waals surface area (Å²) in [5, 5.41) is 6.89. The molecule has 0 unspecified atom stereocenters. The van der Waals surface area contributed by atoms with Gasteiger partial charge in [-0.3, -0.25) is 0 Å². The Morgan fingerprint density at radius 3 is 1.70 bits per heavy atom. The van der Waals surface area contributed by atoms with Crippen molar-refractivity contribution in [1.29, 1.82) is 0 Å². The molecule has 0 amide bonds. The van der Waals surface area contributed by atoms with Crippen molar-refractivity contribution < 1.29 is 14.3 Å². The monoisotopic (exact) mass is 573 g/mol. The van der Waals surface area contributed by atoms with Crippen LogP contribution < -0.4 is 21.1 Å². The van der Waals surface area contributed by atoms with Crippen LogP contribution in [0, 0.1) is 0 Å². The molecule has 44 heavy (non-hydrogen) atoms. The molecular weight excluding hydrogens is 546 g/mol. The lowest BCUT2D eigenvalue weighted by Gasteiger charge is -2.36. The van der Waals surface area contributed by atoms with Crippen molar-refractivity contribution in [2.45, 2.75) is 5.60 Å². The SMILES string of the molecule is Nc1c(-c2ccc(Nc3ccccc3)cc2)cc2c(c1Nc1ccccc1)C(=O)OC21c2ccccc2Oc2ccccc21. The molecule has 2 aliphatic rings. The maximum Gasteiger partial charge on any atom is 0.342 e. The van der Waals surface area contributed by atoms with Crippen LogP contribution in [0.2, 0.25) is 0 Å². The van der Waals surface area contributed by atoms with E-state index in [1.54, 1.807) is 0 Å². The molecule has 8 rings (SSSR count). The Balaban J connectivity index is 1.35. The van der Waals surface area contributed by atoms with Gasteiger partial charge in [-0.05, 0) is 60.2 Å². The molecule has 0 saturated heterocycles. The summed E-state index contributed by atoms with van der Waals surface area (Å²) >= 11 is 0. The van der Waals surface area contributed by atoms with Gasteiger partial charge in [0.05, 0.1) is 16.9 Å². The highest BCUT2D eigenvalue weighted by Gasteiger charge is 2.54. The van der Waals surface area contributed by atoms with Crippen LogP contribution in [0.1, 0.15) is 27.0 Å². The predicted octanol–water partition coefficient (Wildman–Crippen LogP) is 8.99. The summed E-state index contributed by atoms with van der Waals surface area (Å²) in [7, 11) is 0. The van der Waals surface area contributed by atoms with Gasteiger partial charge in [-0.25, -0.2) is 4.79 Å². The maximum atomic E-state index is 14.0. The van der Waals surface area contributed by atoms with Crippen molar-refractivity contribution in [3.05, 3.63) is 162 Å². The van der Waals surface area contributed by atoms with E-state index in [4.69, 9.17) is 15.2 Å². The zero-order valence-electron chi connectivity index (χ0n) is 23.6. The molecule has 2 heterocycles. The number of anilines is 5. The third-order valence-corrected chi connectivity index (χ3v) is 8.25. The highest BCUT2D eigenvalue weighted by molar-refractivity contribution is 6.08. The number of nitrogens with one attached hydrogen (secondary N) is 2. The summed E-state index contributed by atoms with van der Waals surface area (Å²) in [5.74, 6) is 0.823. The molecule has 6 nitrogen and oxygen atoms in total. The van der Waals surface area contributed by atoms with Gasteiger partial charge >= 0.3 is 5.97 Å². The lowest BCUT2D eigenvalue weighted by molar-refractivity contribution is 0.0225. The number of carbonyl (C=O) groups excluding carboxylic acids is 1. The Hall–Kier alpha value is -6.01. The van der Waals surface area contributed by atoms with Crippen LogP contribution in [0.25, 0.3) is 11.1 Å². The molecule has 212 valence electrons. The Morgan fingerprint density at radius 1 is 0.568 bits per heavy atom. The van der Waals surface area contributed by atoms with Crippen LogP contribution in [0.15, 0.2) is 140 Å². The number of hydrogen-bond donors (Lipinski definition) is 3. The first-order valence-electron chi connectivity index (χ1n) is 14.4. The molecule has 0 aliphatic carbocycles. The second-order valence-corrected chi connectivity index (χ2v) is 10.9. The molecule has 6 heteroatoms. The van der Waals surface area contributed by atoms with E-state index in [1.807, 2.05) is 140 Å². The molecule has 0 bridgehead atoms. The zero-order chi connectivity index (χ0) is 29.7. The lowest BCUT2D eigenvalue weighted by Crippen LogP contribution is -2.33. The van der Waals surface area contributed by atoms with Crippen LogP contribution in [-0.2, 0) is 10.3 Å². The van der Waals surface area contributed by atoms with E-state index in [1.165, 1.54) is 0 Å². The summed E-state index contributed by atoms with van der Waals surface area (Å²) in [4.78, 5) is 14.0. The van der Waals surface area contributed by atoms with E-state index in [0.717, 1.165) is 39.3 Å². The van der Waals surface area contributed by atoms with Gasteiger partial charge in [0, 0.05) is 39.3 Å². The Labute approximate surface area is 254 Å². The topological polar surface area (TPSA) is 85.6 Å². The zero-order valence-corrected chi connectivity index (χ0v) is 23.6. The van der Waals surface area contributed by atoms with Crippen molar-refractivity contribution >= 4 is 34.4 Å². The van der Waals surface area contributed by atoms with Gasteiger partial charge in [0.2, 0.25) is 0 Å². The standard InChI is InChI=1S/C38H27N3O3/c39-35-28(24-19-21-27(22-20-24)40-25-11-3-1-4-12-25)23-31-34(36(35)41-26-13-5-2-6-14-26)37(42)44-38(31)29-15-7-9-17-32(29)43-33-18-10-8-16-30(33)38/h1-23,40-41H,39H2. The molecule has 1 spiro atoms. The van der Waals surface area contributed by atoms with Gasteiger partial charge in [-0.1, -0.05) is 84.9 Å². The predicted molar refractivity (Wildman–Crippen MR) is 174 cm³/mol. The minimum Gasteiger partial charge on any atom is -0.456 e. The van der Waals surface area contributed by atoms with Gasteiger partial charge in [0.15, 0.2) is 5.60 Å². The van der Waals surface area contributed by atoms with Gasteiger partial charge < -0.3 is 25.8 Å². The molecule has 0 fully saturated rings. The number of ether oxygens (including phenoxy) is 2. The second kappa shape index (κ2) is 10.1. The van der Waals surface area contributed by atoms with Gasteiger partial charge in [-0.15, -0.1) is 0 Å². The highest BCUT2D eigenvalue weighted by atomic mass is 16.6. The van der Waals surface area contributed by atoms with Crippen LogP contribution in [0.3, 0.4) is 0 Å². The van der Waals surface area contributed by atoms with E-state index >= 15 is 0 Å². The number of rotatable bonds is 5. The third-order valence-electron chi connectivity index (χ3n) is 8.25. The van der Waals surface area contributed by atoms with Crippen LogP contribution in [-0.4, -0.2) is 5.97 Å². The fourth-order valence-corrected chi connectivity index (χ4v) is 6.25. The number of carbonyl (C=O) groups is 1. The first-order chi connectivity index (χ1) is 21.6. The number of hydrogen-bond acceptors (Lipinski definition) is 6. The molecule has 6 aromatic rings. The average molecular weight is 574 g/mol. The normalized spacial score (nSPS) is 13.7. The van der Waals surface area contributed by atoms with Crippen molar-refractivity contribution in [1.82, 2.24) is 0 Å². The lowest BCUT2D eigenvalue weighted by atomic mass is 9.76. The number of para-hydroxylation sites is 4. The third kappa shape index (κ3) is 4.00. The second-order valence-electron chi connectivity index (χ2n) is 10.9. The first kappa shape index (κ1) is 25.7. The summed E-state index contributed by atoms with van der Waals surface area (Å²) in [6, 6.07) is 45.3. The van der Waals surface area contributed by atoms with Crippen molar-refractivity contribution in [2.24, 2.45) is 0 Å². The summed E-state index contributed by atoms with van der Waals surface area (Å²) < 4.78 is 12.8. The Bertz CT molecular complexity index is 2000. The smallest absolute Gasteiger partial charge is 0.342 e. The molecular formula is C38H27N3O3. The molecule has 0 radical (unpaired) electrons. The van der Waals surface area contributed by atoms with Crippen molar-refractivity contribution in [3.8, 4) is 22.6 Å². The van der Waals surface area contributed by atoms with Gasteiger partial charge in [-0.2, -0.15) is 0 Å². The number of nitrogens with two attached hydrogens (primary N) is 1. The van der Waals surface area contributed by atoms with E-state index in [2.05, 4.69) is 10.6 Å². The molecule has 0 aromatic heterocycles. The number of benzene rings is 6. The van der Waals surface area contributed by atoms with Crippen LogP contribution in [0.5, 0.6) is 11.5 Å². The van der Waals surface area contributed by atoms with E-state index in [-0.39, 0.29) is 0 Å². The fraction of sp³-hybridized carbons (Fsp3) is 0.0263. The Morgan fingerprint density at radius 2 is 1.09 bits per heavy atom. The minimum atomic E-state index is -1.22.